The fourth-order valence-corrected chi connectivity index (χ4v) is 1.08. The van der Waals surface area contributed by atoms with Crippen molar-refractivity contribution < 1.29 is 0 Å². The predicted octanol–water partition coefficient (Wildman–Crippen LogP) is 3.25. The summed E-state index contributed by atoms with van der Waals surface area (Å²) >= 11 is 3.34. The fraction of sp³-hybridized carbons (Fsp3) is 1.00. The van der Waals surface area contributed by atoms with E-state index in [9.17, 15) is 0 Å². The van der Waals surface area contributed by atoms with Crippen LogP contribution in [0.5, 0.6) is 0 Å². The summed E-state index contributed by atoms with van der Waals surface area (Å²) in [5.74, 6) is 0. The highest BCUT2D eigenvalue weighted by Gasteiger charge is 1.95. The molecule has 0 spiro atoms. The highest BCUT2D eigenvalue weighted by Crippen LogP contribution is 2.05. The minimum atomic E-state index is 0.157. The lowest BCUT2D eigenvalue weighted by atomic mass is 10.2. The van der Waals surface area contributed by atoms with Gasteiger partial charge >= 0.3 is 0 Å². The van der Waals surface area contributed by atoms with Crippen LogP contribution in [0.25, 0.3) is 10.4 Å². The first-order valence-electron chi connectivity index (χ1n) is 3.41. The second kappa shape index (κ2) is 6.90. The Labute approximate surface area is 69.6 Å². The Morgan fingerprint density at radius 1 is 1.60 bits per heavy atom. The van der Waals surface area contributed by atoms with E-state index in [4.69, 9.17) is 5.53 Å². The van der Waals surface area contributed by atoms with Crippen molar-refractivity contribution in [2.75, 3.05) is 5.33 Å². The second-order valence-corrected chi connectivity index (χ2v) is 3.03. The van der Waals surface area contributed by atoms with Crippen molar-refractivity contribution in [1.29, 1.82) is 0 Å². The fourth-order valence-electron chi connectivity index (χ4n) is 0.680. The third-order valence-electron chi connectivity index (χ3n) is 1.25. The number of rotatable bonds is 5. The average Bonchev–Trinajstić information content (AvgIpc) is 1.89. The van der Waals surface area contributed by atoms with E-state index in [0.717, 1.165) is 24.6 Å². The van der Waals surface area contributed by atoms with Gasteiger partial charge in [0.25, 0.3) is 0 Å². The van der Waals surface area contributed by atoms with Crippen LogP contribution in [0.2, 0.25) is 0 Å². The van der Waals surface area contributed by atoms with Gasteiger partial charge in [-0.2, -0.15) is 0 Å². The van der Waals surface area contributed by atoms with Crippen LogP contribution >= 0.6 is 15.9 Å². The van der Waals surface area contributed by atoms with Crippen molar-refractivity contribution in [3.8, 4) is 0 Å². The quantitative estimate of drug-likeness (QED) is 0.218. The van der Waals surface area contributed by atoms with E-state index in [2.05, 4.69) is 26.0 Å². The number of hydrogen-bond donors (Lipinski definition) is 0. The topological polar surface area (TPSA) is 48.8 Å². The van der Waals surface area contributed by atoms with E-state index in [0.29, 0.717) is 0 Å². The van der Waals surface area contributed by atoms with E-state index >= 15 is 0 Å². The van der Waals surface area contributed by atoms with E-state index in [-0.39, 0.29) is 6.04 Å². The Bertz CT molecular complexity index is 120. The van der Waals surface area contributed by atoms with Crippen molar-refractivity contribution in [1.82, 2.24) is 0 Å². The Kier molecular flexibility index (Phi) is 6.76. The van der Waals surface area contributed by atoms with Gasteiger partial charge in [-0.25, -0.2) is 0 Å². The molecule has 0 radical (unpaired) electrons. The lowest BCUT2D eigenvalue weighted by Gasteiger charge is -2.00. The van der Waals surface area contributed by atoms with Gasteiger partial charge in [-0.05, 0) is 18.4 Å². The van der Waals surface area contributed by atoms with E-state index in [1.54, 1.807) is 0 Å². The molecular formula is C6H12BrN3. The molecule has 0 amide bonds. The number of halogens is 1. The van der Waals surface area contributed by atoms with Crippen LogP contribution in [0.1, 0.15) is 26.2 Å². The molecule has 0 bridgehead atoms. The molecule has 0 aromatic rings. The zero-order valence-electron chi connectivity index (χ0n) is 6.13. The van der Waals surface area contributed by atoms with E-state index in [1.165, 1.54) is 0 Å². The number of azide groups is 1. The van der Waals surface area contributed by atoms with Crippen LogP contribution in [-0.4, -0.2) is 11.4 Å². The lowest BCUT2D eigenvalue weighted by Crippen LogP contribution is -1.95. The Morgan fingerprint density at radius 2 is 2.30 bits per heavy atom. The molecule has 0 aliphatic carbocycles. The first-order chi connectivity index (χ1) is 4.81. The van der Waals surface area contributed by atoms with Gasteiger partial charge in [0.2, 0.25) is 0 Å². The molecule has 0 rings (SSSR count). The van der Waals surface area contributed by atoms with E-state index in [1.807, 2.05) is 6.92 Å². The Hall–Kier alpha value is -0.210. The second-order valence-electron chi connectivity index (χ2n) is 2.24. The number of hydrogen-bond acceptors (Lipinski definition) is 1. The monoisotopic (exact) mass is 205 g/mol. The maximum atomic E-state index is 8.04. The van der Waals surface area contributed by atoms with Gasteiger partial charge in [-0.3, -0.25) is 0 Å². The SMILES string of the molecule is CC(CCCCBr)N=[N+]=[N-]. The summed E-state index contributed by atoms with van der Waals surface area (Å²) in [6.45, 7) is 1.94. The highest BCUT2D eigenvalue weighted by atomic mass is 79.9. The molecule has 0 saturated carbocycles. The summed E-state index contributed by atoms with van der Waals surface area (Å²) < 4.78 is 0. The maximum Gasteiger partial charge on any atom is 0.0345 e. The molecule has 0 aromatic heterocycles. The van der Waals surface area contributed by atoms with Crippen LogP contribution in [0.3, 0.4) is 0 Å². The summed E-state index contributed by atoms with van der Waals surface area (Å²) in [6, 6.07) is 0.157. The summed E-state index contributed by atoms with van der Waals surface area (Å²) in [4.78, 5) is 2.73. The molecule has 0 aliphatic rings. The Morgan fingerprint density at radius 3 is 2.80 bits per heavy atom. The van der Waals surface area contributed by atoms with Gasteiger partial charge in [0.05, 0.1) is 0 Å². The molecule has 4 heteroatoms. The maximum absolute atomic E-state index is 8.04. The average molecular weight is 206 g/mol. The lowest BCUT2D eigenvalue weighted by molar-refractivity contribution is 0.616. The molecule has 0 saturated heterocycles. The van der Waals surface area contributed by atoms with Crippen LogP contribution in [0.4, 0.5) is 0 Å². The summed E-state index contributed by atoms with van der Waals surface area (Å²) in [7, 11) is 0. The first kappa shape index (κ1) is 9.79. The molecule has 0 heterocycles. The first-order valence-corrected chi connectivity index (χ1v) is 4.53. The summed E-state index contributed by atoms with van der Waals surface area (Å²) in [6.07, 6.45) is 3.28. The van der Waals surface area contributed by atoms with Crippen LogP contribution in [-0.2, 0) is 0 Å². The Balaban J connectivity index is 3.21. The van der Waals surface area contributed by atoms with Crippen molar-refractivity contribution in [2.24, 2.45) is 5.11 Å². The van der Waals surface area contributed by atoms with Crippen LogP contribution in [0, 0.1) is 0 Å². The van der Waals surface area contributed by atoms with Crippen molar-refractivity contribution in [3.63, 3.8) is 0 Å². The van der Waals surface area contributed by atoms with Crippen LogP contribution < -0.4 is 0 Å². The highest BCUT2D eigenvalue weighted by molar-refractivity contribution is 9.09. The smallest absolute Gasteiger partial charge is 0.0345 e. The predicted molar refractivity (Wildman–Crippen MR) is 46.3 cm³/mol. The van der Waals surface area contributed by atoms with Gasteiger partial charge < -0.3 is 0 Å². The molecule has 0 N–H and O–H groups in total. The molecular weight excluding hydrogens is 194 g/mol. The third kappa shape index (κ3) is 5.92. The third-order valence-corrected chi connectivity index (χ3v) is 1.82. The number of unbranched alkanes of at least 4 members (excludes halogenated alkanes) is 1. The standard InChI is InChI=1S/C6H12BrN3/c1-6(9-10-8)4-2-3-5-7/h6H,2-5H2,1H3. The molecule has 1 atom stereocenters. The molecule has 10 heavy (non-hydrogen) atoms. The van der Waals surface area contributed by atoms with E-state index < -0.39 is 0 Å². The zero-order valence-corrected chi connectivity index (χ0v) is 7.71. The number of alkyl halides is 1. The molecule has 0 aromatic carbocycles. The molecule has 1 unspecified atom stereocenters. The van der Waals surface area contributed by atoms with Gasteiger partial charge in [-0.1, -0.05) is 34.4 Å². The summed E-state index contributed by atoms with van der Waals surface area (Å²) in [5, 5.41) is 4.60. The zero-order chi connectivity index (χ0) is 7.82. The molecule has 0 aliphatic heterocycles. The largest absolute Gasteiger partial charge is 0.0928 e. The summed E-state index contributed by atoms with van der Waals surface area (Å²) in [5.41, 5.74) is 8.04. The minimum absolute atomic E-state index is 0.157. The van der Waals surface area contributed by atoms with Crippen LogP contribution in [0.15, 0.2) is 5.11 Å². The van der Waals surface area contributed by atoms with Gasteiger partial charge in [0, 0.05) is 16.3 Å². The van der Waals surface area contributed by atoms with Gasteiger partial charge in [-0.15, -0.1) is 0 Å². The normalized spacial score (nSPS) is 12.2. The molecule has 58 valence electrons. The molecule has 3 nitrogen and oxygen atoms in total. The molecule has 0 fully saturated rings. The minimum Gasteiger partial charge on any atom is -0.0928 e. The van der Waals surface area contributed by atoms with Crippen molar-refractivity contribution in [3.05, 3.63) is 10.4 Å². The van der Waals surface area contributed by atoms with Crippen molar-refractivity contribution in [2.45, 2.75) is 32.2 Å². The van der Waals surface area contributed by atoms with Gasteiger partial charge in [0.15, 0.2) is 0 Å². The van der Waals surface area contributed by atoms with Crippen molar-refractivity contribution >= 4 is 15.9 Å². The van der Waals surface area contributed by atoms with Gasteiger partial charge in [0.1, 0.15) is 0 Å². The number of nitrogens with zero attached hydrogens (tertiary/aromatic N) is 3.